The Morgan fingerprint density at radius 3 is 2.85 bits per heavy atom. The molecule has 0 aliphatic carbocycles. The van der Waals surface area contributed by atoms with Crippen molar-refractivity contribution >= 4 is 44.8 Å². The van der Waals surface area contributed by atoms with Crippen LogP contribution in [-0.4, -0.2) is 17.9 Å². The van der Waals surface area contributed by atoms with Crippen LogP contribution in [0.3, 0.4) is 0 Å². The Kier molecular flexibility index (Phi) is 4.57. The van der Waals surface area contributed by atoms with Crippen molar-refractivity contribution in [2.45, 2.75) is 0 Å². The van der Waals surface area contributed by atoms with Gasteiger partial charge < -0.3 is 10.6 Å². The van der Waals surface area contributed by atoms with E-state index in [9.17, 15) is 9.18 Å². The first-order valence-corrected chi connectivity index (χ1v) is 6.77. The van der Waals surface area contributed by atoms with Crippen LogP contribution in [0.25, 0.3) is 0 Å². The normalized spacial score (nSPS) is 10.2. The van der Waals surface area contributed by atoms with Gasteiger partial charge in [0.2, 0.25) is 0 Å². The van der Waals surface area contributed by atoms with Crippen LogP contribution in [-0.2, 0) is 0 Å². The van der Waals surface area contributed by atoms with Crippen molar-refractivity contribution in [3.05, 3.63) is 51.5 Å². The number of anilines is 2. The largest absolute Gasteiger partial charge is 0.386 e. The van der Waals surface area contributed by atoms with Crippen LogP contribution in [0.1, 0.15) is 10.4 Å². The van der Waals surface area contributed by atoms with Crippen molar-refractivity contribution in [1.29, 1.82) is 0 Å². The quantitative estimate of drug-likeness (QED) is 0.874. The van der Waals surface area contributed by atoms with E-state index in [-0.39, 0.29) is 10.9 Å². The van der Waals surface area contributed by atoms with Gasteiger partial charge in [-0.25, -0.2) is 4.39 Å². The summed E-state index contributed by atoms with van der Waals surface area (Å²) >= 11 is 9.09. The Bertz CT molecular complexity index is 643. The molecule has 2 rings (SSSR count). The van der Waals surface area contributed by atoms with E-state index in [1.54, 1.807) is 13.1 Å². The first-order chi connectivity index (χ1) is 9.52. The third kappa shape index (κ3) is 3.08. The molecule has 4 nitrogen and oxygen atoms in total. The predicted octanol–water partition coefficient (Wildman–Crippen LogP) is 3.93. The average molecular weight is 359 g/mol. The van der Waals surface area contributed by atoms with Gasteiger partial charge >= 0.3 is 0 Å². The van der Waals surface area contributed by atoms with Gasteiger partial charge in [0.05, 0.1) is 28.2 Å². The SMILES string of the molecule is CNc1cnccc1C(=O)Nc1c(Cl)cc(F)cc1Br. The van der Waals surface area contributed by atoms with Crippen LogP contribution in [0.2, 0.25) is 5.02 Å². The number of carbonyl (C=O) groups excluding carboxylic acids is 1. The second kappa shape index (κ2) is 6.19. The van der Waals surface area contributed by atoms with Gasteiger partial charge in [0.1, 0.15) is 5.82 Å². The number of nitrogens with zero attached hydrogens (tertiary/aromatic N) is 1. The number of amides is 1. The van der Waals surface area contributed by atoms with Crippen LogP contribution >= 0.6 is 27.5 Å². The zero-order chi connectivity index (χ0) is 14.7. The fourth-order valence-corrected chi connectivity index (χ4v) is 2.53. The van der Waals surface area contributed by atoms with E-state index in [1.165, 1.54) is 18.5 Å². The van der Waals surface area contributed by atoms with Crippen LogP contribution in [0.5, 0.6) is 0 Å². The molecule has 0 aliphatic rings. The molecule has 1 heterocycles. The van der Waals surface area contributed by atoms with Crippen LogP contribution in [0.4, 0.5) is 15.8 Å². The number of nitrogens with one attached hydrogen (secondary N) is 2. The van der Waals surface area contributed by atoms with Crippen LogP contribution in [0, 0.1) is 5.82 Å². The number of pyridine rings is 1. The van der Waals surface area contributed by atoms with E-state index in [2.05, 4.69) is 31.5 Å². The van der Waals surface area contributed by atoms with Crippen molar-refractivity contribution in [2.24, 2.45) is 0 Å². The molecule has 1 aromatic carbocycles. The molecule has 0 saturated carbocycles. The predicted molar refractivity (Wildman–Crippen MR) is 80.8 cm³/mol. The number of rotatable bonds is 3. The molecule has 1 aromatic heterocycles. The van der Waals surface area contributed by atoms with Gasteiger partial charge in [-0.05, 0) is 34.1 Å². The number of hydrogen-bond acceptors (Lipinski definition) is 3. The van der Waals surface area contributed by atoms with Gasteiger partial charge in [0.15, 0.2) is 0 Å². The highest BCUT2D eigenvalue weighted by Gasteiger charge is 2.15. The highest BCUT2D eigenvalue weighted by molar-refractivity contribution is 9.10. The average Bonchev–Trinajstić information content (AvgIpc) is 2.42. The maximum Gasteiger partial charge on any atom is 0.257 e. The number of benzene rings is 1. The summed E-state index contributed by atoms with van der Waals surface area (Å²) < 4.78 is 13.5. The van der Waals surface area contributed by atoms with Gasteiger partial charge in [0, 0.05) is 17.7 Å². The summed E-state index contributed by atoms with van der Waals surface area (Å²) in [5.74, 6) is -0.856. The van der Waals surface area contributed by atoms with Gasteiger partial charge in [0.25, 0.3) is 5.91 Å². The number of aromatic nitrogens is 1. The van der Waals surface area contributed by atoms with Crippen molar-refractivity contribution in [1.82, 2.24) is 4.98 Å². The molecular formula is C13H10BrClFN3O. The molecule has 0 unspecified atom stereocenters. The molecular weight excluding hydrogens is 349 g/mol. The molecule has 2 aromatic rings. The minimum Gasteiger partial charge on any atom is -0.386 e. The Hall–Kier alpha value is -1.66. The van der Waals surface area contributed by atoms with Gasteiger partial charge in [-0.3, -0.25) is 9.78 Å². The molecule has 0 bridgehead atoms. The zero-order valence-electron chi connectivity index (χ0n) is 10.4. The third-order valence-corrected chi connectivity index (χ3v) is 3.50. The maximum atomic E-state index is 13.1. The van der Waals surface area contributed by atoms with E-state index in [1.807, 2.05) is 0 Å². The highest BCUT2D eigenvalue weighted by atomic mass is 79.9. The van der Waals surface area contributed by atoms with Crippen molar-refractivity contribution in [3.8, 4) is 0 Å². The fourth-order valence-electron chi connectivity index (χ4n) is 1.63. The van der Waals surface area contributed by atoms with Gasteiger partial charge in [-0.2, -0.15) is 0 Å². The van der Waals surface area contributed by atoms with Crippen molar-refractivity contribution in [2.75, 3.05) is 17.7 Å². The zero-order valence-corrected chi connectivity index (χ0v) is 12.7. The highest BCUT2D eigenvalue weighted by Crippen LogP contribution is 2.32. The second-order valence-electron chi connectivity index (χ2n) is 3.87. The van der Waals surface area contributed by atoms with Crippen molar-refractivity contribution in [3.63, 3.8) is 0 Å². The van der Waals surface area contributed by atoms with Crippen LogP contribution in [0.15, 0.2) is 35.1 Å². The lowest BCUT2D eigenvalue weighted by atomic mass is 10.2. The Balaban J connectivity index is 2.33. The number of hydrogen-bond donors (Lipinski definition) is 2. The monoisotopic (exact) mass is 357 g/mol. The van der Waals surface area contributed by atoms with E-state index in [0.717, 1.165) is 6.07 Å². The summed E-state index contributed by atoms with van der Waals surface area (Å²) in [6.45, 7) is 0. The summed E-state index contributed by atoms with van der Waals surface area (Å²) in [5, 5.41) is 5.63. The molecule has 0 atom stereocenters. The molecule has 20 heavy (non-hydrogen) atoms. The van der Waals surface area contributed by atoms with E-state index in [4.69, 9.17) is 11.6 Å². The summed E-state index contributed by atoms with van der Waals surface area (Å²) in [6.07, 6.45) is 3.05. The smallest absolute Gasteiger partial charge is 0.257 e. The molecule has 2 N–H and O–H groups in total. The minimum absolute atomic E-state index is 0.116. The molecule has 1 amide bonds. The first kappa shape index (κ1) is 14.7. The molecule has 0 spiro atoms. The summed E-state index contributed by atoms with van der Waals surface area (Å²) in [5.41, 5.74) is 1.31. The molecule has 104 valence electrons. The van der Waals surface area contributed by atoms with Crippen LogP contribution < -0.4 is 10.6 Å². The van der Waals surface area contributed by atoms with Gasteiger partial charge in [-0.15, -0.1) is 0 Å². The fraction of sp³-hybridized carbons (Fsp3) is 0.0769. The Morgan fingerprint density at radius 1 is 1.45 bits per heavy atom. The minimum atomic E-state index is -0.486. The Labute approximate surface area is 128 Å². The lowest BCUT2D eigenvalue weighted by Gasteiger charge is -2.12. The summed E-state index contributed by atoms with van der Waals surface area (Å²) in [4.78, 5) is 16.2. The summed E-state index contributed by atoms with van der Waals surface area (Å²) in [7, 11) is 1.69. The summed E-state index contributed by atoms with van der Waals surface area (Å²) in [6, 6.07) is 3.94. The van der Waals surface area contributed by atoms with Crippen molar-refractivity contribution < 1.29 is 9.18 Å². The lowest BCUT2D eigenvalue weighted by molar-refractivity contribution is 0.102. The number of halogens is 3. The number of carbonyl (C=O) groups is 1. The maximum absolute atomic E-state index is 13.1. The van der Waals surface area contributed by atoms with E-state index in [0.29, 0.717) is 21.4 Å². The topological polar surface area (TPSA) is 54.0 Å². The molecule has 0 radical (unpaired) electrons. The molecule has 0 aliphatic heterocycles. The van der Waals surface area contributed by atoms with Gasteiger partial charge in [-0.1, -0.05) is 11.6 Å². The molecule has 0 fully saturated rings. The lowest BCUT2D eigenvalue weighted by Crippen LogP contribution is -2.15. The van der Waals surface area contributed by atoms with E-state index >= 15 is 0 Å². The third-order valence-electron chi connectivity index (χ3n) is 2.58. The first-order valence-electron chi connectivity index (χ1n) is 5.60. The molecule has 0 saturated heterocycles. The molecule has 7 heteroatoms. The standard InChI is InChI=1S/C13H10BrClFN3O/c1-17-11-6-18-3-2-8(11)13(20)19-12-9(14)4-7(16)5-10(12)15/h2-6,17H,1H3,(H,19,20). The van der Waals surface area contributed by atoms with E-state index < -0.39 is 5.82 Å². The second-order valence-corrected chi connectivity index (χ2v) is 5.13. The Morgan fingerprint density at radius 2 is 2.20 bits per heavy atom.